The Kier molecular flexibility index (Phi) is 3.77. The summed E-state index contributed by atoms with van der Waals surface area (Å²) >= 11 is 0. The maximum absolute atomic E-state index is 12.6. The third kappa shape index (κ3) is 2.71. The van der Waals surface area contributed by atoms with Crippen LogP contribution in [0.25, 0.3) is 0 Å². The highest BCUT2D eigenvalue weighted by Gasteiger charge is 2.30. The van der Waals surface area contributed by atoms with E-state index in [0.29, 0.717) is 5.92 Å². The van der Waals surface area contributed by atoms with Crippen molar-refractivity contribution in [1.29, 1.82) is 0 Å². The van der Waals surface area contributed by atoms with Gasteiger partial charge in [0.05, 0.1) is 12.2 Å². The summed E-state index contributed by atoms with van der Waals surface area (Å²) in [6.45, 7) is 1.55. The number of carbonyl (C=O) groups is 1. The van der Waals surface area contributed by atoms with Crippen LogP contribution in [0.4, 0.5) is 4.79 Å². The highest BCUT2D eigenvalue weighted by atomic mass is 16.2. The van der Waals surface area contributed by atoms with E-state index in [1.54, 1.807) is 0 Å². The second-order valence-electron chi connectivity index (χ2n) is 6.52. The van der Waals surface area contributed by atoms with Gasteiger partial charge in [0.2, 0.25) is 0 Å². The molecule has 0 spiro atoms. The summed E-state index contributed by atoms with van der Waals surface area (Å²) in [5, 5.41) is 10.0. The maximum Gasteiger partial charge on any atom is 0.317 e. The number of piperidine rings is 1. The molecule has 0 radical (unpaired) electrons. The summed E-state index contributed by atoms with van der Waals surface area (Å²) < 4.78 is 0. The number of hydrogen-bond acceptors (Lipinski definition) is 2. The average molecular weight is 310 g/mol. The zero-order valence-corrected chi connectivity index (χ0v) is 13.2. The number of nitrogens with one attached hydrogen (secondary N) is 2. The van der Waals surface area contributed by atoms with E-state index >= 15 is 0 Å². The molecule has 0 saturated carbocycles. The van der Waals surface area contributed by atoms with Crippen LogP contribution in [0.1, 0.15) is 47.9 Å². The Hall–Kier alpha value is -2.30. The molecule has 1 aliphatic carbocycles. The van der Waals surface area contributed by atoms with Gasteiger partial charge in [0.15, 0.2) is 0 Å². The van der Waals surface area contributed by atoms with Crippen LogP contribution >= 0.6 is 0 Å². The number of likely N-dealkylation sites (tertiary alicyclic amines) is 1. The zero-order valence-electron chi connectivity index (χ0n) is 13.2. The van der Waals surface area contributed by atoms with Gasteiger partial charge in [-0.3, -0.25) is 5.10 Å². The minimum absolute atomic E-state index is 0.0558. The quantitative estimate of drug-likeness (QED) is 0.915. The molecule has 2 heterocycles. The molecule has 1 saturated heterocycles. The maximum atomic E-state index is 12.6. The molecule has 0 unspecified atom stereocenters. The molecule has 1 aromatic carbocycles. The molecule has 2 aromatic rings. The van der Waals surface area contributed by atoms with Crippen molar-refractivity contribution in [2.45, 2.75) is 37.6 Å². The number of aromatic nitrogens is 2. The van der Waals surface area contributed by atoms with E-state index in [0.717, 1.165) is 44.3 Å². The van der Waals surface area contributed by atoms with Crippen molar-refractivity contribution < 1.29 is 4.79 Å². The van der Waals surface area contributed by atoms with Crippen LogP contribution in [-0.2, 0) is 6.42 Å². The summed E-state index contributed by atoms with van der Waals surface area (Å²) in [4.78, 5) is 14.6. The van der Waals surface area contributed by atoms with Gasteiger partial charge in [-0.2, -0.15) is 5.10 Å². The van der Waals surface area contributed by atoms with E-state index in [1.165, 1.54) is 11.1 Å². The Labute approximate surface area is 136 Å². The molecule has 23 heavy (non-hydrogen) atoms. The first kappa shape index (κ1) is 14.3. The fraction of sp³-hybridized carbons (Fsp3) is 0.444. The van der Waals surface area contributed by atoms with Gasteiger partial charge >= 0.3 is 6.03 Å². The Morgan fingerprint density at radius 2 is 2.26 bits per heavy atom. The summed E-state index contributed by atoms with van der Waals surface area (Å²) in [6.07, 6.45) is 8.06. The van der Waals surface area contributed by atoms with Crippen molar-refractivity contribution in [3.8, 4) is 0 Å². The first-order valence-electron chi connectivity index (χ1n) is 8.44. The van der Waals surface area contributed by atoms with Gasteiger partial charge in [-0.15, -0.1) is 0 Å². The van der Waals surface area contributed by atoms with Crippen molar-refractivity contribution in [3.63, 3.8) is 0 Å². The van der Waals surface area contributed by atoms with Crippen LogP contribution in [0, 0.1) is 0 Å². The Balaban J connectivity index is 1.38. The molecule has 0 bridgehead atoms. The lowest BCUT2D eigenvalue weighted by atomic mass is 9.78. The van der Waals surface area contributed by atoms with Gasteiger partial charge in [-0.1, -0.05) is 24.3 Å². The number of aromatic amines is 1. The number of amides is 2. The minimum atomic E-state index is 0.0558. The van der Waals surface area contributed by atoms with E-state index in [2.05, 4.69) is 39.8 Å². The van der Waals surface area contributed by atoms with Gasteiger partial charge in [-0.25, -0.2) is 4.79 Å². The largest absolute Gasteiger partial charge is 0.337 e. The number of carbonyl (C=O) groups excluding carboxylic acids is 1. The molecule has 2 N–H and O–H groups in total. The smallest absolute Gasteiger partial charge is 0.317 e. The molecular weight excluding hydrogens is 288 g/mol. The number of fused-ring (bicyclic) bond motifs is 1. The molecular formula is C18H22N4O. The third-order valence-corrected chi connectivity index (χ3v) is 5.13. The predicted molar refractivity (Wildman–Crippen MR) is 88.2 cm³/mol. The van der Waals surface area contributed by atoms with E-state index < -0.39 is 0 Å². The standard InChI is InChI=1S/C18H22N4O/c23-18(19-10-14-9-13-5-1-2-6-16(13)14)22-8-4-3-7-17(22)15-11-20-21-12-15/h1-2,5-6,11-12,14,17H,3-4,7-10H2,(H,19,23)(H,20,21)/t14-,17+/m0/s1. The molecule has 1 fully saturated rings. The first-order chi connectivity index (χ1) is 11.3. The summed E-state index contributed by atoms with van der Waals surface area (Å²) in [6, 6.07) is 8.71. The van der Waals surface area contributed by atoms with E-state index in [1.807, 2.05) is 17.3 Å². The number of nitrogens with zero attached hydrogens (tertiary/aromatic N) is 2. The van der Waals surface area contributed by atoms with Crippen molar-refractivity contribution in [2.24, 2.45) is 0 Å². The van der Waals surface area contributed by atoms with Gasteiger partial charge < -0.3 is 10.2 Å². The molecule has 2 amide bonds. The molecule has 4 rings (SSSR count). The lowest BCUT2D eigenvalue weighted by Crippen LogP contribution is -2.46. The van der Waals surface area contributed by atoms with Crippen molar-refractivity contribution >= 4 is 6.03 Å². The molecule has 5 heteroatoms. The summed E-state index contributed by atoms with van der Waals surface area (Å²) in [7, 11) is 0. The normalized spacial score (nSPS) is 23.0. The summed E-state index contributed by atoms with van der Waals surface area (Å²) in [5.74, 6) is 0.465. The van der Waals surface area contributed by atoms with E-state index in [4.69, 9.17) is 0 Å². The SMILES string of the molecule is O=C(NC[C@@H]1Cc2ccccc21)N1CCCC[C@@H]1c1cn[nH]c1. The molecule has 2 atom stereocenters. The molecule has 5 nitrogen and oxygen atoms in total. The second kappa shape index (κ2) is 6.07. The Morgan fingerprint density at radius 1 is 1.35 bits per heavy atom. The average Bonchev–Trinajstić information content (AvgIpc) is 3.10. The lowest BCUT2D eigenvalue weighted by molar-refractivity contribution is 0.151. The lowest BCUT2D eigenvalue weighted by Gasteiger charge is -2.36. The predicted octanol–water partition coefficient (Wildman–Crippen LogP) is 2.99. The molecule has 120 valence electrons. The first-order valence-corrected chi connectivity index (χ1v) is 8.44. The van der Waals surface area contributed by atoms with Gasteiger partial charge in [0.25, 0.3) is 0 Å². The number of benzene rings is 1. The highest BCUT2D eigenvalue weighted by Crippen LogP contribution is 2.34. The van der Waals surface area contributed by atoms with Crippen LogP contribution in [-0.4, -0.2) is 34.2 Å². The van der Waals surface area contributed by atoms with Crippen LogP contribution in [0.2, 0.25) is 0 Å². The highest BCUT2D eigenvalue weighted by molar-refractivity contribution is 5.75. The molecule has 2 aliphatic rings. The fourth-order valence-electron chi connectivity index (χ4n) is 3.82. The van der Waals surface area contributed by atoms with Crippen LogP contribution in [0.3, 0.4) is 0 Å². The zero-order chi connectivity index (χ0) is 15.6. The summed E-state index contributed by atoms with van der Waals surface area (Å²) in [5.41, 5.74) is 3.91. The number of H-pyrrole nitrogens is 1. The topological polar surface area (TPSA) is 61.0 Å². The fourth-order valence-corrected chi connectivity index (χ4v) is 3.82. The number of rotatable bonds is 3. The number of hydrogen-bond donors (Lipinski definition) is 2. The van der Waals surface area contributed by atoms with Crippen LogP contribution in [0.15, 0.2) is 36.7 Å². The Morgan fingerprint density at radius 3 is 3.09 bits per heavy atom. The minimum Gasteiger partial charge on any atom is -0.337 e. The second-order valence-corrected chi connectivity index (χ2v) is 6.52. The Bertz CT molecular complexity index is 682. The van der Waals surface area contributed by atoms with Crippen LogP contribution in [0.5, 0.6) is 0 Å². The van der Waals surface area contributed by atoms with E-state index in [9.17, 15) is 4.79 Å². The monoisotopic (exact) mass is 310 g/mol. The van der Waals surface area contributed by atoms with E-state index in [-0.39, 0.29) is 12.1 Å². The van der Waals surface area contributed by atoms with Gasteiger partial charge in [-0.05, 0) is 36.8 Å². The van der Waals surface area contributed by atoms with Crippen molar-refractivity contribution in [3.05, 3.63) is 53.3 Å². The van der Waals surface area contributed by atoms with Crippen molar-refractivity contribution in [2.75, 3.05) is 13.1 Å². The van der Waals surface area contributed by atoms with Crippen LogP contribution < -0.4 is 5.32 Å². The van der Waals surface area contributed by atoms with Gasteiger partial charge in [0.1, 0.15) is 0 Å². The molecule has 1 aromatic heterocycles. The third-order valence-electron chi connectivity index (χ3n) is 5.13. The van der Waals surface area contributed by atoms with Gasteiger partial charge in [0, 0.05) is 30.8 Å². The number of urea groups is 1. The molecule has 1 aliphatic heterocycles. The van der Waals surface area contributed by atoms with Crippen molar-refractivity contribution in [1.82, 2.24) is 20.4 Å².